The van der Waals surface area contributed by atoms with Gasteiger partial charge in [0.15, 0.2) is 0 Å². The lowest BCUT2D eigenvalue weighted by Crippen LogP contribution is -2.70. The molecule has 8 nitrogen and oxygen atoms in total. The van der Waals surface area contributed by atoms with Gasteiger partial charge >= 0.3 is 5.97 Å². The van der Waals surface area contributed by atoms with Gasteiger partial charge in [0.1, 0.15) is 17.1 Å². The first-order valence-corrected chi connectivity index (χ1v) is 12.2. The van der Waals surface area contributed by atoms with Crippen LogP contribution in [0, 0.1) is 6.92 Å². The fourth-order valence-electron chi connectivity index (χ4n) is 3.45. The van der Waals surface area contributed by atoms with Crippen LogP contribution in [0.5, 0.6) is 0 Å². The third-order valence-electron chi connectivity index (χ3n) is 4.97. The Morgan fingerprint density at radius 1 is 1.39 bits per heavy atom. The van der Waals surface area contributed by atoms with Gasteiger partial charge in [0, 0.05) is 17.2 Å². The van der Waals surface area contributed by atoms with E-state index in [4.69, 9.17) is 5.73 Å². The van der Waals surface area contributed by atoms with Gasteiger partial charge in [-0.2, -0.15) is 4.37 Å². The third-order valence-corrected chi connectivity index (χ3v) is 8.46. The van der Waals surface area contributed by atoms with Gasteiger partial charge in [0.25, 0.3) is 5.91 Å². The Balaban J connectivity index is 1.43. The van der Waals surface area contributed by atoms with Gasteiger partial charge in [-0.15, -0.1) is 23.5 Å². The smallest absolute Gasteiger partial charge is 0.352 e. The van der Waals surface area contributed by atoms with E-state index >= 15 is 0 Å². The van der Waals surface area contributed by atoms with Crippen LogP contribution in [0.3, 0.4) is 0 Å². The second kappa shape index (κ2) is 8.93. The highest BCUT2D eigenvalue weighted by Crippen LogP contribution is 2.42. The van der Waals surface area contributed by atoms with Crippen LogP contribution < -0.4 is 11.1 Å². The SMILES string of the molecule is Cc1cc(SCC2=C(C(=O)O)N3C(=O)C(NC(=O)Cc4ccccc4N)[C@H]3SC2)sn1. The predicted octanol–water partition coefficient (Wildman–Crippen LogP) is 2.11. The van der Waals surface area contributed by atoms with Gasteiger partial charge in [-0.05, 0) is 41.7 Å². The molecule has 11 heteroatoms. The number of para-hydroxylation sites is 1. The number of nitrogen functional groups attached to an aromatic ring is 1. The monoisotopic (exact) mass is 476 g/mol. The summed E-state index contributed by atoms with van der Waals surface area (Å²) in [5, 5.41) is 12.1. The molecule has 4 rings (SSSR count). The molecule has 1 aromatic heterocycles. The molecule has 2 atom stereocenters. The van der Waals surface area contributed by atoms with Crippen LogP contribution in [0.2, 0.25) is 0 Å². The molecule has 4 N–H and O–H groups in total. The van der Waals surface area contributed by atoms with Crippen molar-refractivity contribution in [1.82, 2.24) is 14.6 Å². The first kappa shape index (κ1) is 21.7. The van der Waals surface area contributed by atoms with Crippen LogP contribution in [-0.4, -0.2) is 55.1 Å². The minimum atomic E-state index is -1.13. The van der Waals surface area contributed by atoms with Crippen LogP contribution in [0.1, 0.15) is 11.3 Å². The zero-order chi connectivity index (χ0) is 22.1. The quantitative estimate of drug-likeness (QED) is 0.315. The summed E-state index contributed by atoms with van der Waals surface area (Å²) in [5.41, 5.74) is 8.73. The number of carbonyl (C=O) groups excluding carboxylic acids is 2. The van der Waals surface area contributed by atoms with Gasteiger partial charge < -0.3 is 16.2 Å². The van der Waals surface area contributed by atoms with Crippen molar-refractivity contribution in [2.75, 3.05) is 17.2 Å². The number of thioether (sulfide) groups is 2. The first-order chi connectivity index (χ1) is 14.8. The highest BCUT2D eigenvalue weighted by molar-refractivity contribution is 8.01. The molecule has 3 heterocycles. The van der Waals surface area contributed by atoms with Gasteiger partial charge in [0.2, 0.25) is 5.91 Å². The number of nitrogens with one attached hydrogen (secondary N) is 1. The predicted molar refractivity (Wildman–Crippen MR) is 122 cm³/mol. The molecule has 1 fully saturated rings. The third kappa shape index (κ3) is 4.43. The molecule has 0 aliphatic carbocycles. The fourth-order valence-corrected chi connectivity index (χ4v) is 6.75. The number of rotatable bonds is 7. The van der Waals surface area contributed by atoms with E-state index in [1.54, 1.807) is 24.3 Å². The lowest BCUT2D eigenvalue weighted by Gasteiger charge is -2.49. The maximum absolute atomic E-state index is 12.7. The Bertz CT molecular complexity index is 1080. The number of carboxylic acids is 1. The molecular formula is C20H20N4O4S3. The number of hydrogen-bond acceptors (Lipinski definition) is 8. The zero-order valence-corrected chi connectivity index (χ0v) is 19.0. The van der Waals surface area contributed by atoms with Crippen molar-refractivity contribution in [1.29, 1.82) is 0 Å². The number of nitrogens with zero attached hydrogens (tertiary/aromatic N) is 2. The number of β-lactam (4-membered cyclic amide) rings is 1. The van der Waals surface area contributed by atoms with Crippen LogP contribution in [0.15, 0.2) is 45.8 Å². The van der Waals surface area contributed by atoms with Crippen LogP contribution >= 0.6 is 35.1 Å². The topological polar surface area (TPSA) is 126 Å². The van der Waals surface area contributed by atoms with E-state index in [0.717, 1.165) is 9.90 Å². The molecule has 2 aromatic rings. The molecule has 2 amide bonds. The Morgan fingerprint density at radius 3 is 2.84 bits per heavy atom. The van der Waals surface area contributed by atoms with Crippen molar-refractivity contribution in [3.05, 3.63) is 52.9 Å². The highest BCUT2D eigenvalue weighted by Gasteiger charge is 2.54. The molecule has 2 aliphatic heterocycles. The maximum Gasteiger partial charge on any atom is 0.352 e. The molecule has 2 aliphatic rings. The number of aliphatic carboxylic acids is 1. The number of hydrogen-bond donors (Lipinski definition) is 3. The molecule has 1 aromatic carbocycles. The van der Waals surface area contributed by atoms with E-state index in [0.29, 0.717) is 28.3 Å². The first-order valence-electron chi connectivity index (χ1n) is 9.44. The number of fused-ring (bicyclic) bond motifs is 1. The second-order valence-electron chi connectivity index (χ2n) is 7.16. The molecule has 162 valence electrons. The van der Waals surface area contributed by atoms with Gasteiger partial charge in [-0.25, -0.2) is 4.79 Å². The summed E-state index contributed by atoms with van der Waals surface area (Å²) in [7, 11) is 0. The molecule has 0 saturated carbocycles. The minimum Gasteiger partial charge on any atom is -0.477 e. The lowest BCUT2D eigenvalue weighted by molar-refractivity contribution is -0.150. The number of aromatic nitrogens is 1. The normalized spacial score (nSPS) is 20.3. The number of anilines is 1. The van der Waals surface area contributed by atoms with Crippen molar-refractivity contribution in [2.24, 2.45) is 0 Å². The van der Waals surface area contributed by atoms with Crippen molar-refractivity contribution in [2.45, 2.75) is 29.0 Å². The van der Waals surface area contributed by atoms with Crippen molar-refractivity contribution in [3.8, 4) is 0 Å². The Labute approximate surface area is 191 Å². The summed E-state index contributed by atoms with van der Waals surface area (Å²) in [6.07, 6.45) is 0.0611. The van der Waals surface area contributed by atoms with Crippen molar-refractivity contribution in [3.63, 3.8) is 0 Å². The fraction of sp³-hybridized carbons (Fsp3) is 0.300. The zero-order valence-electron chi connectivity index (χ0n) is 16.5. The van der Waals surface area contributed by atoms with E-state index in [1.165, 1.54) is 40.0 Å². The Morgan fingerprint density at radius 2 is 2.16 bits per heavy atom. The Hall–Kier alpha value is -2.50. The van der Waals surface area contributed by atoms with E-state index in [-0.39, 0.29) is 18.0 Å². The largest absolute Gasteiger partial charge is 0.477 e. The van der Waals surface area contributed by atoms with Crippen molar-refractivity contribution < 1.29 is 19.5 Å². The molecule has 0 spiro atoms. The van der Waals surface area contributed by atoms with Crippen LogP contribution in [-0.2, 0) is 20.8 Å². The maximum atomic E-state index is 12.7. The van der Waals surface area contributed by atoms with E-state index in [2.05, 4.69) is 9.69 Å². The van der Waals surface area contributed by atoms with E-state index in [9.17, 15) is 19.5 Å². The number of carboxylic acid groups (broad SMARTS) is 1. The Kier molecular flexibility index (Phi) is 6.26. The summed E-state index contributed by atoms with van der Waals surface area (Å²) in [6.45, 7) is 1.91. The highest BCUT2D eigenvalue weighted by atomic mass is 32.2. The second-order valence-corrected chi connectivity index (χ2v) is 10.3. The summed E-state index contributed by atoms with van der Waals surface area (Å²) in [6, 6.07) is 8.27. The van der Waals surface area contributed by atoms with Crippen LogP contribution in [0.25, 0.3) is 0 Å². The summed E-state index contributed by atoms with van der Waals surface area (Å²) in [5.74, 6) is -0.897. The van der Waals surface area contributed by atoms with Gasteiger partial charge in [-0.3, -0.25) is 14.5 Å². The average Bonchev–Trinajstić information content (AvgIpc) is 3.16. The molecule has 0 radical (unpaired) electrons. The minimum absolute atomic E-state index is 0.0280. The number of carbonyl (C=O) groups is 3. The lowest BCUT2D eigenvalue weighted by atomic mass is 10.0. The standard InChI is InChI=1S/C20H20N4O4S3/c1-10-6-15(31-23-10)29-8-12-9-30-19-16(18(26)24(19)17(12)20(27)28)22-14(25)7-11-4-2-3-5-13(11)21/h2-6,16,19H,7-9,21H2,1H3,(H,22,25)(H,27,28)/t16?,19-/m1/s1. The summed E-state index contributed by atoms with van der Waals surface area (Å²) < 4.78 is 5.23. The van der Waals surface area contributed by atoms with E-state index in [1.807, 2.05) is 13.0 Å². The van der Waals surface area contributed by atoms with Crippen LogP contribution in [0.4, 0.5) is 5.69 Å². The average molecular weight is 477 g/mol. The van der Waals surface area contributed by atoms with Gasteiger partial charge in [-0.1, -0.05) is 18.2 Å². The number of benzene rings is 1. The van der Waals surface area contributed by atoms with E-state index < -0.39 is 23.3 Å². The molecule has 31 heavy (non-hydrogen) atoms. The molecule has 0 bridgehead atoms. The van der Waals surface area contributed by atoms with Crippen molar-refractivity contribution >= 4 is 58.5 Å². The molecular weight excluding hydrogens is 456 g/mol. The van der Waals surface area contributed by atoms with Gasteiger partial charge in [0.05, 0.1) is 16.3 Å². The number of aryl methyl sites for hydroxylation is 1. The number of nitrogens with two attached hydrogens (primary N) is 1. The molecule has 1 unspecified atom stereocenters. The number of amides is 2. The summed E-state index contributed by atoms with van der Waals surface area (Å²) in [4.78, 5) is 38.4. The molecule has 1 saturated heterocycles. The summed E-state index contributed by atoms with van der Waals surface area (Å²) >= 11 is 4.35.